The number of imidazole rings is 1. The zero-order valence-corrected chi connectivity index (χ0v) is 12.0. The van der Waals surface area contributed by atoms with E-state index in [1.807, 2.05) is 0 Å². The molecule has 2 rings (SSSR count). The highest BCUT2D eigenvalue weighted by Crippen LogP contribution is 2.25. The fourth-order valence-electron chi connectivity index (χ4n) is 2.16. The minimum atomic E-state index is -1.81. The summed E-state index contributed by atoms with van der Waals surface area (Å²) in [5, 5.41) is 18.9. The number of ether oxygens (including phenoxy) is 1. The maximum atomic E-state index is 14.4. The van der Waals surface area contributed by atoms with Crippen LogP contribution in [0.1, 0.15) is 13.0 Å². The number of aliphatic hydroxyl groups excluding tert-OH is 2. The number of nitrogens with zero attached hydrogens (tertiary/aromatic N) is 4. The summed E-state index contributed by atoms with van der Waals surface area (Å²) in [6.07, 6.45) is -3.28. The number of aromatic nitrogens is 4. The first kappa shape index (κ1) is 16.5. The number of anilines is 1. The van der Waals surface area contributed by atoms with Crippen LogP contribution in [-0.4, -0.2) is 61.8 Å². The maximum absolute atomic E-state index is 14.4. The second kappa shape index (κ2) is 6.46. The summed E-state index contributed by atoms with van der Waals surface area (Å²) < 4.78 is 34.1. The number of nitrogen functional groups attached to an aromatic ring is 1. The van der Waals surface area contributed by atoms with Gasteiger partial charge in [-0.05, 0) is 6.92 Å². The second-order valence-electron chi connectivity index (χ2n) is 4.83. The molecule has 2 heterocycles. The predicted molar refractivity (Wildman–Crippen MR) is 73.2 cm³/mol. The van der Waals surface area contributed by atoms with Gasteiger partial charge in [0.1, 0.15) is 18.4 Å². The van der Waals surface area contributed by atoms with Crippen molar-refractivity contribution in [2.75, 3.05) is 19.5 Å². The summed E-state index contributed by atoms with van der Waals surface area (Å²) >= 11 is 0. The first-order valence-electron chi connectivity index (χ1n) is 6.52. The molecule has 2 aromatic heterocycles. The summed E-state index contributed by atoms with van der Waals surface area (Å²) in [5.74, 6) is -1.21. The van der Waals surface area contributed by atoms with Gasteiger partial charge in [-0.1, -0.05) is 0 Å². The molecule has 0 radical (unpaired) electrons. The highest BCUT2D eigenvalue weighted by molar-refractivity contribution is 5.71. The Hall–Kier alpha value is -1.91. The van der Waals surface area contributed by atoms with Crippen molar-refractivity contribution in [3.8, 4) is 0 Å². The van der Waals surface area contributed by atoms with E-state index in [2.05, 4.69) is 15.0 Å². The molecule has 10 heteroatoms. The van der Waals surface area contributed by atoms with Crippen LogP contribution >= 0.6 is 0 Å². The number of fused-ring (bicyclic) bond motifs is 1. The number of methoxy groups -OCH3 is 1. The molecule has 0 spiro atoms. The lowest BCUT2D eigenvalue weighted by Crippen LogP contribution is -2.42. The largest absolute Gasteiger partial charge is 0.394 e. The number of halogens is 2. The summed E-state index contributed by atoms with van der Waals surface area (Å²) in [6, 6.07) is -0.946. The van der Waals surface area contributed by atoms with Gasteiger partial charge in [0.2, 0.25) is 11.9 Å². The van der Waals surface area contributed by atoms with Crippen LogP contribution in [0.3, 0.4) is 0 Å². The molecule has 0 saturated heterocycles. The lowest BCUT2D eigenvalue weighted by atomic mass is 10.0. The Morgan fingerprint density at radius 3 is 2.73 bits per heavy atom. The molecule has 2 aromatic rings. The Morgan fingerprint density at radius 2 is 2.14 bits per heavy atom. The summed E-state index contributed by atoms with van der Waals surface area (Å²) in [4.78, 5) is 11.0. The third kappa shape index (κ3) is 2.85. The predicted octanol–water partition coefficient (Wildman–Crippen LogP) is -0.185. The molecule has 4 unspecified atom stereocenters. The van der Waals surface area contributed by atoms with E-state index in [0.29, 0.717) is 0 Å². The molecule has 22 heavy (non-hydrogen) atoms. The number of aliphatic hydroxyl groups is 2. The van der Waals surface area contributed by atoms with E-state index in [4.69, 9.17) is 15.6 Å². The van der Waals surface area contributed by atoms with Gasteiger partial charge in [-0.2, -0.15) is 14.4 Å². The average molecular weight is 317 g/mol. The van der Waals surface area contributed by atoms with Crippen LogP contribution in [0.2, 0.25) is 0 Å². The second-order valence-corrected chi connectivity index (χ2v) is 4.83. The van der Waals surface area contributed by atoms with Gasteiger partial charge in [0.05, 0.1) is 19.0 Å². The SMILES string of the molecule is COC(CO)C(O)C(F)C(C)n1cnc2c(F)nc(N)nc21. The Morgan fingerprint density at radius 1 is 1.45 bits per heavy atom. The molecule has 4 N–H and O–H groups in total. The van der Waals surface area contributed by atoms with E-state index in [9.17, 15) is 13.9 Å². The van der Waals surface area contributed by atoms with Crippen molar-refractivity contribution in [3.05, 3.63) is 12.3 Å². The Kier molecular flexibility index (Phi) is 4.84. The minimum absolute atomic E-state index is 0.0188. The number of nitrogens with two attached hydrogens (primary N) is 1. The highest BCUT2D eigenvalue weighted by Gasteiger charge is 2.33. The number of hydrogen-bond acceptors (Lipinski definition) is 7. The van der Waals surface area contributed by atoms with Crippen molar-refractivity contribution in [1.29, 1.82) is 0 Å². The normalized spacial score (nSPS) is 17.4. The maximum Gasteiger partial charge on any atom is 0.245 e. The molecule has 0 aliphatic rings. The highest BCUT2D eigenvalue weighted by atomic mass is 19.1. The molecular weight excluding hydrogens is 300 g/mol. The van der Waals surface area contributed by atoms with E-state index >= 15 is 0 Å². The van der Waals surface area contributed by atoms with Gasteiger partial charge in [-0.25, -0.2) is 9.37 Å². The lowest BCUT2D eigenvalue weighted by Gasteiger charge is -2.27. The quantitative estimate of drug-likeness (QED) is 0.632. The van der Waals surface area contributed by atoms with Crippen LogP contribution in [0.5, 0.6) is 0 Å². The third-order valence-electron chi connectivity index (χ3n) is 3.49. The van der Waals surface area contributed by atoms with Crippen LogP contribution < -0.4 is 5.73 Å². The standard InChI is InChI=1S/C12H17F2N5O3/c1-5(7(13)9(21)6(3-20)22-2)19-4-16-8-10(14)17-12(15)18-11(8)19/h4-7,9,20-21H,3H2,1-2H3,(H2,15,17,18). The van der Waals surface area contributed by atoms with Crippen molar-refractivity contribution in [2.45, 2.75) is 31.3 Å². The lowest BCUT2D eigenvalue weighted by molar-refractivity contribution is -0.0806. The minimum Gasteiger partial charge on any atom is -0.394 e. The van der Waals surface area contributed by atoms with Crippen molar-refractivity contribution in [1.82, 2.24) is 19.5 Å². The Balaban J connectivity index is 2.35. The summed E-state index contributed by atoms with van der Waals surface area (Å²) in [5.41, 5.74) is 5.25. The Labute approximate surface area is 124 Å². The topological polar surface area (TPSA) is 119 Å². The van der Waals surface area contributed by atoms with Crippen LogP contribution in [0.4, 0.5) is 14.7 Å². The summed E-state index contributed by atoms with van der Waals surface area (Å²) in [7, 11) is 1.25. The number of rotatable bonds is 6. The molecule has 0 aliphatic heterocycles. The average Bonchev–Trinajstić information content (AvgIpc) is 2.90. The van der Waals surface area contributed by atoms with Gasteiger partial charge >= 0.3 is 0 Å². The molecule has 8 nitrogen and oxygen atoms in total. The third-order valence-corrected chi connectivity index (χ3v) is 3.49. The van der Waals surface area contributed by atoms with Crippen molar-refractivity contribution in [2.24, 2.45) is 0 Å². The molecule has 0 saturated carbocycles. The van der Waals surface area contributed by atoms with E-state index in [0.717, 1.165) is 0 Å². The van der Waals surface area contributed by atoms with E-state index in [-0.39, 0.29) is 17.1 Å². The molecule has 122 valence electrons. The van der Waals surface area contributed by atoms with Gasteiger partial charge in [0.25, 0.3) is 0 Å². The van der Waals surface area contributed by atoms with Crippen molar-refractivity contribution >= 4 is 17.1 Å². The monoisotopic (exact) mass is 317 g/mol. The van der Waals surface area contributed by atoms with Crippen LogP contribution in [0.15, 0.2) is 6.33 Å². The molecule has 0 bridgehead atoms. The molecule has 0 aliphatic carbocycles. The van der Waals surface area contributed by atoms with Crippen molar-refractivity contribution < 1.29 is 23.7 Å². The van der Waals surface area contributed by atoms with E-state index in [1.165, 1.54) is 24.9 Å². The molecule has 0 fully saturated rings. The molecule has 0 aromatic carbocycles. The van der Waals surface area contributed by atoms with Crippen molar-refractivity contribution in [3.63, 3.8) is 0 Å². The van der Waals surface area contributed by atoms with Gasteiger partial charge in [0.15, 0.2) is 11.2 Å². The van der Waals surface area contributed by atoms with Crippen LogP contribution in [0, 0.1) is 5.95 Å². The van der Waals surface area contributed by atoms with Gasteiger partial charge in [-0.3, -0.25) is 0 Å². The molecular formula is C12H17F2N5O3. The van der Waals surface area contributed by atoms with E-state index in [1.54, 1.807) is 0 Å². The zero-order chi connectivity index (χ0) is 16.4. The Bertz CT molecular complexity index is 649. The first-order chi connectivity index (χ1) is 10.4. The first-order valence-corrected chi connectivity index (χ1v) is 6.52. The number of alkyl halides is 1. The fraction of sp³-hybridized carbons (Fsp3) is 0.583. The fourth-order valence-corrected chi connectivity index (χ4v) is 2.16. The molecule has 0 amide bonds. The van der Waals surface area contributed by atoms with Crippen LogP contribution in [-0.2, 0) is 4.74 Å². The zero-order valence-electron chi connectivity index (χ0n) is 12.0. The van der Waals surface area contributed by atoms with Gasteiger partial charge in [-0.15, -0.1) is 0 Å². The number of hydrogen-bond donors (Lipinski definition) is 3. The van der Waals surface area contributed by atoms with Gasteiger partial charge < -0.3 is 25.3 Å². The molecule has 4 atom stereocenters. The summed E-state index contributed by atoms with van der Waals surface area (Å²) in [6.45, 7) is 0.911. The van der Waals surface area contributed by atoms with Gasteiger partial charge in [0, 0.05) is 7.11 Å². The van der Waals surface area contributed by atoms with E-state index < -0.39 is 37.0 Å². The van der Waals surface area contributed by atoms with Crippen LogP contribution in [0.25, 0.3) is 11.2 Å². The smallest absolute Gasteiger partial charge is 0.245 e.